The zero-order chi connectivity index (χ0) is 14.4. The van der Waals surface area contributed by atoms with Crippen molar-refractivity contribution >= 4 is 5.78 Å². The lowest BCUT2D eigenvalue weighted by molar-refractivity contribution is 0.0212. The number of carbonyl (C=O) groups excluding carboxylic acids is 1. The molecule has 0 spiro atoms. The summed E-state index contributed by atoms with van der Waals surface area (Å²) < 4.78 is 5.73. The van der Waals surface area contributed by atoms with E-state index >= 15 is 0 Å². The average Bonchev–Trinajstić information content (AvgIpc) is 2.82. The van der Waals surface area contributed by atoms with E-state index in [9.17, 15) is 4.79 Å². The van der Waals surface area contributed by atoms with E-state index < -0.39 is 5.60 Å². The fraction of sp³-hybridized carbons (Fsp3) is 0.588. The Morgan fingerprint density at radius 2 is 1.42 bits per heavy atom. The molecule has 2 rings (SSSR count). The summed E-state index contributed by atoms with van der Waals surface area (Å²) in [5.41, 5.74) is 6.24. The van der Waals surface area contributed by atoms with Gasteiger partial charge >= 0.3 is 0 Å². The van der Waals surface area contributed by atoms with Gasteiger partial charge in [-0.05, 0) is 82.2 Å². The van der Waals surface area contributed by atoms with Crippen LogP contribution in [0, 0.1) is 34.6 Å². The molecule has 0 bridgehead atoms. The lowest BCUT2D eigenvalue weighted by Crippen LogP contribution is -2.35. The Labute approximate surface area is 116 Å². The van der Waals surface area contributed by atoms with Crippen LogP contribution in [0.4, 0.5) is 0 Å². The van der Waals surface area contributed by atoms with Crippen molar-refractivity contribution in [3.63, 3.8) is 0 Å². The van der Waals surface area contributed by atoms with Crippen LogP contribution in [-0.2, 0) is 4.74 Å². The average molecular weight is 260 g/mol. The quantitative estimate of drug-likeness (QED) is 0.752. The molecule has 104 valence electrons. The Morgan fingerprint density at radius 3 is 1.84 bits per heavy atom. The molecule has 19 heavy (non-hydrogen) atoms. The summed E-state index contributed by atoms with van der Waals surface area (Å²) in [7, 11) is 0. The van der Waals surface area contributed by atoms with Crippen LogP contribution in [0.5, 0.6) is 0 Å². The van der Waals surface area contributed by atoms with Gasteiger partial charge in [-0.3, -0.25) is 4.79 Å². The van der Waals surface area contributed by atoms with Crippen LogP contribution in [0.15, 0.2) is 0 Å². The standard InChI is InChI=1S/C17H24O2/c1-10-11(2)13(4)15(14(5)12(10)3)16(18)17(6)8-7-9-19-17/h7-9H2,1-6H3. The van der Waals surface area contributed by atoms with Crippen molar-refractivity contribution in [3.05, 3.63) is 33.4 Å². The Bertz CT molecular complexity index is 506. The third-order valence-corrected chi connectivity index (χ3v) is 4.93. The number of rotatable bonds is 2. The molecule has 1 aromatic rings. The first-order valence-corrected chi connectivity index (χ1v) is 7.05. The maximum atomic E-state index is 12.9. The van der Waals surface area contributed by atoms with Crippen molar-refractivity contribution < 1.29 is 9.53 Å². The number of benzene rings is 1. The highest BCUT2D eigenvalue weighted by Crippen LogP contribution is 2.34. The maximum Gasteiger partial charge on any atom is 0.194 e. The molecule has 1 fully saturated rings. The van der Waals surface area contributed by atoms with E-state index in [0.717, 1.165) is 29.5 Å². The molecule has 0 amide bonds. The smallest absolute Gasteiger partial charge is 0.194 e. The van der Waals surface area contributed by atoms with E-state index in [1.807, 2.05) is 6.92 Å². The fourth-order valence-electron chi connectivity index (χ4n) is 3.06. The number of hydrogen-bond donors (Lipinski definition) is 0. The fourth-order valence-corrected chi connectivity index (χ4v) is 3.06. The Morgan fingerprint density at radius 1 is 0.947 bits per heavy atom. The van der Waals surface area contributed by atoms with Gasteiger partial charge in [-0.2, -0.15) is 0 Å². The minimum Gasteiger partial charge on any atom is -0.367 e. The van der Waals surface area contributed by atoms with E-state index in [2.05, 4.69) is 34.6 Å². The minimum absolute atomic E-state index is 0.159. The molecular formula is C17H24O2. The van der Waals surface area contributed by atoms with Gasteiger partial charge in [0, 0.05) is 12.2 Å². The van der Waals surface area contributed by atoms with Crippen molar-refractivity contribution in [2.24, 2.45) is 0 Å². The number of hydrogen-bond acceptors (Lipinski definition) is 2. The summed E-state index contributed by atoms with van der Waals surface area (Å²) in [6.07, 6.45) is 1.81. The molecule has 1 aliphatic heterocycles. The van der Waals surface area contributed by atoms with Gasteiger partial charge in [0.1, 0.15) is 5.60 Å². The zero-order valence-corrected chi connectivity index (χ0v) is 12.9. The first kappa shape index (κ1) is 14.3. The second kappa shape index (κ2) is 4.75. The van der Waals surface area contributed by atoms with E-state index in [-0.39, 0.29) is 5.78 Å². The van der Waals surface area contributed by atoms with Crippen molar-refractivity contribution in [1.29, 1.82) is 0 Å². The summed E-state index contributed by atoms with van der Waals surface area (Å²) in [5, 5.41) is 0. The number of ether oxygens (including phenoxy) is 1. The normalized spacial score (nSPS) is 22.8. The van der Waals surface area contributed by atoms with Crippen LogP contribution in [0.1, 0.15) is 57.9 Å². The first-order valence-electron chi connectivity index (χ1n) is 7.05. The van der Waals surface area contributed by atoms with E-state index in [0.29, 0.717) is 6.61 Å². The zero-order valence-electron chi connectivity index (χ0n) is 12.9. The van der Waals surface area contributed by atoms with Crippen LogP contribution < -0.4 is 0 Å². The number of ketones is 1. The van der Waals surface area contributed by atoms with E-state index in [4.69, 9.17) is 4.74 Å². The van der Waals surface area contributed by atoms with E-state index in [1.54, 1.807) is 0 Å². The monoisotopic (exact) mass is 260 g/mol. The molecule has 0 saturated carbocycles. The van der Waals surface area contributed by atoms with Crippen molar-refractivity contribution in [2.75, 3.05) is 6.61 Å². The summed E-state index contributed by atoms with van der Waals surface area (Å²) in [6, 6.07) is 0. The van der Waals surface area contributed by atoms with Gasteiger partial charge in [-0.15, -0.1) is 0 Å². The molecule has 1 atom stereocenters. The molecule has 1 aromatic carbocycles. The van der Waals surface area contributed by atoms with Crippen LogP contribution >= 0.6 is 0 Å². The molecule has 0 aliphatic carbocycles. The molecule has 0 N–H and O–H groups in total. The SMILES string of the molecule is Cc1c(C)c(C)c(C(=O)C2(C)CCCO2)c(C)c1C. The summed E-state index contributed by atoms with van der Waals surface area (Å²) in [6.45, 7) is 13.1. The van der Waals surface area contributed by atoms with Gasteiger partial charge in [-0.1, -0.05) is 0 Å². The Kier molecular flexibility index (Phi) is 3.57. The van der Waals surface area contributed by atoms with Crippen molar-refractivity contribution in [1.82, 2.24) is 0 Å². The van der Waals surface area contributed by atoms with Crippen molar-refractivity contribution in [3.8, 4) is 0 Å². The third-order valence-electron chi connectivity index (χ3n) is 4.93. The highest BCUT2D eigenvalue weighted by atomic mass is 16.5. The molecule has 0 radical (unpaired) electrons. The summed E-state index contributed by atoms with van der Waals surface area (Å²) in [4.78, 5) is 12.9. The number of carbonyl (C=O) groups is 1. The molecule has 1 unspecified atom stereocenters. The van der Waals surface area contributed by atoms with Crippen LogP contribution in [0.25, 0.3) is 0 Å². The largest absolute Gasteiger partial charge is 0.367 e. The lowest BCUT2D eigenvalue weighted by Gasteiger charge is -2.26. The van der Waals surface area contributed by atoms with Gasteiger partial charge in [-0.25, -0.2) is 0 Å². The van der Waals surface area contributed by atoms with E-state index in [1.165, 1.54) is 16.7 Å². The highest BCUT2D eigenvalue weighted by Gasteiger charge is 2.39. The van der Waals surface area contributed by atoms with Gasteiger partial charge in [0.05, 0.1) is 0 Å². The van der Waals surface area contributed by atoms with Gasteiger partial charge in [0.15, 0.2) is 5.78 Å². The topological polar surface area (TPSA) is 26.3 Å². The van der Waals surface area contributed by atoms with Crippen LogP contribution in [-0.4, -0.2) is 18.0 Å². The second-order valence-corrected chi connectivity index (χ2v) is 6.01. The second-order valence-electron chi connectivity index (χ2n) is 6.01. The van der Waals surface area contributed by atoms with Gasteiger partial charge in [0.2, 0.25) is 0 Å². The summed E-state index contributed by atoms with van der Waals surface area (Å²) >= 11 is 0. The highest BCUT2D eigenvalue weighted by molar-refractivity contribution is 6.05. The number of Topliss-reactive ketones (excluding diaryl/α,β-unsaturated/α-hetero) is 1. The van der Waals surface area contributed by atoms with Crippen LogP contribution in [0.3, 0.4) is 0 Å². The van der Waals surface area contributed by atoms with Crippen molar-refractivity contribution in [2.45, 2.75) is 60.0 Å². The molecule has 1 saturated heterocycles. The molecule has 2 heteroatoms. The minimum atomic E-state index is -0.621. The molecule has 1 heterocycles. The predicted molar refractivity (Wildman–Crippen MR) is 78.0 cm³/mol. The summed E-state index contributed by atoms with van der Waals surface area (Å²) in [5.74, 6) is 0.159. The van der Waals surface area contributed by atoms with Gasteiger partial charge in [0.25, 0.3) is 0 Å². The first-order chi connectivity index (χ1) is 8.79. The van der Waals surface area contributed by atoms with Gasteiger partial charge < -0.3 is 4.74 Å². The lowest BCUT2D eigenvalue weighted by atomic mass is 9.82. The molecule has 1 aliphatic rings. The Balaban J connectivity index is 2.60. The Hall–Kier alpha value is -1.15. The molecule has 0 aromatic heterocycles. The maximum absolute atomic E-state index is 12.9. The molecule has 2 nitrogen and oxygen atoms in total. The molecular weight excluding hydrogens is 236 g/mol. The van der Waals surface area contributed by atoms with Crippen LogP contribution in [0.2, 0.25) is 0 Å². The predicted octanol–water partition coefficient (Wildman–Crippen LogP) is 3.98. The third kappa shape index (κ3) is 2.12.